The second-order valence-corrected chi connectivity index (χ2v) is 9.04. The van der Waals surface area contributed by atoms with E-state index in [-0.39, 0.29) is 23.7 Å². The summed E-state index contributed by atoms with van der Waals surface area (Å²) in [6.07, 6.45) is -0.107. The van der Waals surface area contributed by atoms with Gasteiger partial charge < -0.3 is 15.6 Å². The van der Waals surface area contributed by atoms with E-state index < -0.39 is 17.4 Å². The van der Waals surface area contributed by atoms with Crippen LogP contribution in [0.15, 0.2) is 52.4 Å². The average Bonchev–Trinajstić information content (AvgIpc) is 2.71. The van der Waals surface area contributed by atoms with E-state index >= 15 is 0 Å². The van der Waals surface area contributed by atoms with Gasteiger partial charge >= 0.3 is 0 Å². The summed E-state index contributed by atoms with van der Waals surface area (Å²) in [6, 6.07) is 13.8. The molecule has 0 fully saturated rings. The number of aromatic nitrogens is 2. The molecule has 0 saturated heterocycles. The Morgan fingerprint density at radius 1 is 1.06 bits per heavy atom. The zero-order valence-electron chi connectivity index (χ0n) is 18.1. The first-order valence-electron chi connectivity index (χ1n) is 10.3. The van der Waals surface area contributed by atoms with E-state index in [0.717, 1.165) is 16.7 Å². The number of rotatable bonds is 5. The number of hydrogen-bond acceptors (Lipinski definition) is 5. The van der Waals surface area contributed by atoms with Crippen LogP contribution in [-0.4, -0.2) is 21.8 Å². The molecule has 164 valence electrons. The molecule has 0 spiro atoms. The van der Waals surface area contributed by atoms with Gasteiger partial charge in [0.15, 0.2) is 5.16 Å². The van der Waals surface area contributed by atoms with Gasteiger partial charge in [-0.2, -0.15) is 0 Å². The van der Waals surface area contributed by atoms with Crippen molar-refractivity contribution < 1.29 is 9.59 Å². The van der Waals surface area contributed by atoms with Crippen LogP contribution in [0.3, 0.4) is 0 Å². The number of anilines is 2. The Labute approximate surface area is 190 Å². The smallest absolute Gasteiger partial charge is 0.257 e. The minimum atomic E-state index is -0.910. The molecular formula is C24H24N4O3S. The third-order valence-corrected chi connectivity index (χ3v) is 6.18. The minimum absolute atomic E-state index is 0.107. The third-order valence-electron chi connectivity index (χ3n) is 5.23. The van der Waals surface area contributed by atoms with Crippen molar-refractivity contribution >= 4 is 35.1 Å². The number of aryl methyl sites for hydroxylation is 3. The Kier molecular flexibility index (Phi) is 6.14. The molecule has 7 nitrogen and oxygen atoms in total. The van der Waals surface area contributed by atoms with Crippen molar-refractivity contribution in [3.05, 3.63) is 80.6 Å². The zero-order chi connectivity index (χ0) is 22.8. The summed E-state index contributed by atoms with van der Waals surface area (Å²) in [5.74, 6) is -0.889. The molecule has 1 aliphatic rings. The number of carbonyl (C=O) groups is 2. The van der Waals surface area contributed by atoms with Gasteiger partial charge in [0.05, 0.1) is 11.5 Å². The molecular weight excluding hydrogens is 424 g/mol. The van der Waals surface area contributed by atoms with E-state index in [9.17, 15) is 14.4 Å². The Balaban J connectivity index is 1.57. The molecule has 0 aliphatic carbocycles. The molecule has 2 heterocycles. The maximum atomic E-state index is 13.0. The highest BCUT2D eigenvalue weighted by atomic mass is 32.2. The van der Waals surface area contributed by atoms with Crippen molar-refractivity contribution in [3.8, 4) is 0 Å². The van der Waals surface area contributed by atoms with Gasteiger partial charge in [0.1, 0.15) is 5.82 Å². The zero-order valence-corrected chi connectivity index (χ0v) is 18.9. The van der Waals surface area contributed by atoms with Gasteiger partial charge in [-0.1, -0.05) is 47.7 Å². The lowest BCUT2D eigenvalue weighted by Gasteiger charge is -2.23. The fourth-order valence-electron chi connectivity index (χ4n) is 3.76. The maximum absolute atomic E-state index is 13.0. The van der Waals surface area contributed by atoms with Crippen molar-refractivity contribution in [3.63, 3.8) is 0 Å². The molecule has 32 heavy (non-hydrogen) atoms. The van der Waals surface area contributed by atoms with E-state index in [1.54, 1.807) is 0 Å². The summed E-state index contributed by atoms with van der Waals surface area (Å²) in [7, 11) is 0. The largest absolute Gasteiger partial charge is 0.326 e. The van der Waals surface area contributed by atoms with Crippen LogP contribution in [-0.2, 0) is 15.3 Å². The highest BCUT2D eigenvalue weighted by Gasteiger charge is 2.34. The first-order valence-corrected chi connectivity index (χ1v) is 11.3. The van der Waals surface area contributed by atoms with E-state index in [1.165, 1.54) is 17.3 Å². The van der Waals surface area contributed by atoms with Gasteiger partial charge in [0, 0.05) is 17.9 Å². The molecule has 2 aromatic carbocycles. The summed E-state index contributed by atoms with van der Waals surface area (Å²) in [4.78, 5) is 45.3. The predicted molar refractivity (Wildman–Crippen MR) is 126 cm³/mol. The molecule has 1 aliphatic heterocycles. The first-order chi connectivity index (χ1) is 15.3. The second-order valence-electron chi connectivity index (χ2n) is 8.08. The van der Waals surface area contributed by atoms with Crippen LogP contribution in [0, 0.1) is 20.8 Å². The SMILES string of the molecule is Cc1ccc(CSc2nc3c(c(=O)[nH]2)C(C(=O)Nc2cc(C)cc(C)c2)CC(=O)N3)cc1. The number of amides is 2. The van der Waals surface area contributed by atoms with Gasteiger partial charge in [-0.3, -0.25) is 14.4 Å². The molecule has 3 N–H and O–H groups in total. The van der Waals surface area contributed by atoms with Crippen LogP contribution in [0.4, 0.5) is 11.5 Å². The second kappa shape index (κ2) is 9.00. The number of H-pyrrole nitrogens is 1. The van der Waals surface area contributed by atoms with Crippen molar-refractivity contribution in [2.45, 2.75) is 44.0 Å². The molecule has 1 unspecified atom stereocenters. The quantitative estimate of drug-likeness (QED) is 0.403. The highest BCUT2D eigenvalue weighted by Crippen LogP contribution is 2.31. The lowest BCUT2D eigenvalue weighted by atomic mass is 9.92. The fourth-order valence-corrected chi connectivity index (χ4v) is 4.57. The number of benzene rings is 2. The lowest BCUT2D eigenvalue weighted by molar-refractivity contribution is -0.123. The van der Waals surface area contributed by atoms with Crippen molar-refractivity contribution in [2.75, 3.05) is 10.6 Å². The third kappa shape index (κ3) is 4.91. The van der Waals surface area contributed by atoms with Gasteiger partial charge in [-0.05, 0) is 49.6 Å². The average molecular weight is 449 g/mol. The Hall–Kier alpha value is -3.39. The van der Waals surface area contributed by atoms with Gasteiger partial charge in [-0.15, -0.1) is 0 Å². The van der Waals surface area contributed by atoms with Crippen LogP contribution in [0.2, 0.25) is 0 Å². The molecule has 2 amide bonds. The van der Waals surface area contributed by atoms with E-state index in [1.807, 2.05) is 63.2 Å². The summed E-state index contributed by atoms with van der Waals surface area (Å²) in [6.45, 7) is 5.90. The van der Waals surface area contributed by atoms with Crippen LogP contribution in [0.25, 0.3) is 0 Å². The normalized spacial score (nSPS) is 15.1. The number of thioether (sulfide) groups is 1. The standard InChI is InChI=1S/C24H24N4O3S/c1-13-4-6-16(7-5-13)12-32-24-27-21-20(23(31)28-24)18(11-19(29)26-21)22(30)25-17-9-14(2)8-15(3)10-17/h4-10,18H,11-12H2,1-3H3,(H,25,30)(H2,26,27,28,29,31). The van der Waals surface area contributed by atoms with Crippen LogP contribution in [0.1, 0.15) is 40.2 Å². The molecule has 4 rings (SSSR count). The van der Waals surface area contributed by atoms with Crippen molar-refractivity contribution in [2.24, 2.45) is 0 Å². The Morgan fingerprint density at radius 2 is 1.75 bits per heavy atom. The van der Waals surface area contributed by atoms with E-state index in [0.29, 0.717) is 16.6 Å². The number of hydrogen-bond donors (Lipinski definition) is 3. The summed E-state index contributed by atoms with van der Waals surface area (Å²) < 4.78 is 0. The number of aromatic amines is 1. The number of carbonyl (C=O) groups excluding carboxylic acids is 2. The molecule has 8 heteroatoms. The van der Waals surface area contributed by atoms with Gasteiger partial charge in [0.25, 0.3) is 5.56 Å². The van der Waals surface area contributed by atoms with Gasteiger partial charge in [0.2, 0.25) is 11.8 Å². The Bertz CT molecular complexity index is 1230. The topological polar surface area (TPSA) is 104 Å². The summed E-state index contributed by atoms with van der Waals surface area (Å²) >= 11 is 1.36. The fraction of sp³-hybridized carbons (Fsp3) is 0.250. The first kappa shape index (κ1) is 21.8. The number of nitrogens with zero attached hydrogens (tertiary/aromatic N) is 1. The summed E-state index contributed by atoms with van der Waals surface area (Å²) in [5.41, 5.74) is 4.69. The van der Waals surface area contributed by atoms with Crippen molar-refractivity contribution in [1.29, 1.82) is 0 Å². The van der Waals surface area contributed by atoms with Crippen LogP contribution in [0.5, 0.6) is 0 Å². The molecule has 0 radical (unpaired) electrons. The molecule has 1 aromatic heterocycles. The number of nitrogens with one attached hydrogen (secondary N) is 3. The van der Waals surface area contributed by atoms with Crippen LogP contribution < -0.4 is 16.2 Å². The molecule has 3 aromatic rings. The van der Waals surface area contributed by atoms with Gasteiger partial charge in [-0.25, -0.2) is 4.98 Å². The van der Waals surface area contributed by atoms with E-state index in [4.69, 9.17) is 0 Å². The number of fused-ring (bicyclic) bond motifs is 1. The molecule has 0 bridgehead atoms. The van der Waals surface area contributed by atoms with Crippen molar-refractivity contribution in [1.82, 2.24) is 9.97 Å². The highest BCUT2D eigenvalue weighted by molar-refractivity contribution is 7.98. The molecule has 0 saturated carbocycles. The predicted octanol–water partition coefficient (Wildman–Crippen LogP) is 4.05. The summed E-state index contributed by atoms with van der Waals surface area (Å²) in [5, 5.41) is 5.89. The Morgan fingerprint density at radius 3 is 2.44 bits per heavy atom. The van der Waals surface area contributed by atoms with Crippen LogP contribution >= 0.6 is 11.8 Å². The molecule has 1 atom stereocenters. The minimum Gasteiger partial charge on any atom is -0.326 e. The monoisotopic (exact) mass is 448 g/mol. The lowest BCUT2D eigenvalue weighted by Crippen LogP contribution is -2.36. The van der Waals surface area contributed by atoms with E-state index in [2.05, 4.69) is 20.6 Å². The maximum Gasteiger partial charge on any atom is 0.257 e.